The van der Waals surface area contributed by atoms with Crippen molar-refractivity contribution < 1.29 is 13.9 Å². The molecule has 0 bridgehead atoms. The molecule has 33 heavy (non-hydrogen) atoms. The standard InChI is InChI=1S/C27H33FN2O2.ClH/c1-3-13-30(21-15-23-26(31-2)5-4-6-27(23)32-17-21)20-10-7-18(8-11-20)24-16-29-25-12-9-19(28)14-22(24)25;/h4-6,9,12,14,16,18,20-21,29H,3,7-8,10-11,13,15,17H2,1-2H3;1H/t18-,20-,21?;. The Balaban J connectivity index is 0.00000259. The van der Waals surface area contributed by atoms with Gasteiger partial charge in [0.05, 0.1) is 7.11 Å². The Morgan fingerprint density at radius 1 is 1.12 bits per heavy atom. The third-order valence-corrected chi connectivity index (χ3v) is 7.41. The van der Waals surface area contributed by atoms with Gasteiger partial charge in [-0.1, -0.05) is 13.0 Å². The summed E-state index contributed by atoms with van der Waals surface area (Å²) >= 11 is 0. The Kier molecular flexibility index (Phi) is 7.50. The quantitative estimate of drug-likeness (QED) is 0.446. The van der Waals surface area contributed by atoms with E-state index in [0.29, 0.717) is 18.0 Å². The van der Waals surface area contributed by atoms with Gasteiger partial charge in [-0.25, -0.2) is 4.39 Å². The number of fused-ring (bicyclic) bond motifs is 2. The molecule has 5 rings (SSSR count). The van der Waals surface area contributed by atoms with Crippen LogP contribution in [0.3, 0.4) is 0 Å². The molecule has 1 N–H and O–H groups in total. The highest BCUT2D eigenvalue weighted by Gasteiger charge is 2.34. The first kappa shape index (κ1) is 23.9. The zero-order chi connectivity index (χ0) is 22.1. The number of H-pyrrole nitrogens is 1. The van der Waals surface area contributed by atoms with Gasteiger partial charge in [-0.3, -0.25) is 4.90 Å². The van der Waals surface area contributed by atoms with E-state index in [4.69, 9.17) is 9.47 Å². The Morgan fingerprint density at radius 3 is 2.70 bits per heavy atom. The van der Waals surface area contributed by atoms with E-state index in [1.165, 1.54) is 30.0 Å². The minimum Gasteiger partial charge on any atom is -0.496 e. The van der Waals surface area contributed by atoms with E-state index in [0.717, 1.165) is 61.2 Å². The molecule has 1 aliphatic heterocycles. The van der Waals surface area contributed by atoms with Crippen LogP contribution in [0.5, 0.6) is 11.5 Å². The number of hydrogen-bond acceptors (Lipinski definition) is 3. The van der Waals surface area contributed by atoms with Crippen LogP contribution < -0.4 is 9.47 Å². The summed E-state index contributed by atoms with van der Waals surface area (Å²) in [7, 11) is 1.74. The average Bonchev–Trinajstić information content (AvgIpc) is 3.25. The van der Waals surface area contributed by atoms with Crippen LogP contribution in [0.2, 0.25) is 0 Å². The number of rotatable bonds is 6. The summed E-state index contributed by atoms with van der Waals surface area (Å²) in [5.41, 5.74) is 3.50. The molecule has 1 unspecified atom stereocenters. The van der Waals surface area contributed by atoms with Gasteiger partial charge in [-0.05, 0) is 86.9 Å². The van der Waals surface area contributed by atoms with E-state index in [1.54, 1.807) is 13.2 Å². The number of halogens is 2. The maximum absolute atomic E-state index is 13.8. The number of aromatic amines is 1. The van der Waals surface area contributed by atoms with Crippen molar-refractivity contribution in [3.8, 4) is 11.5 Å². The molecule has 6 heteroatoms. The molecule has 1 saturated carbocycles. The van der Waals surface area contributed by atoms with E-state index in [2.05, 4.69) is 23.0 Å². The van der Waals surface area contributed by atoms with Crippen molar-refractivity contribution in [3.05, 3.63) is 59.5 Å². The Hall–Kier alpha value is -2.24. The van der Waals surface area contributed by atoms with Crippen LogP contribution in [0.25, 0.3) is 10.9 Å². The molecule has 2 heterocycles. The van der Waals surface area contributed by atoms with Crippen LogP contribution in [-0.2, 0) is 6.42 Å². The van der Waals surface area contributed by atoms with Gasteiger partial charge in [0.1, 0.15) is 23.9 Å². The van der Waals surface area contributed by atoms with E-state index in [9.17, 15) is 4.39 Å². The minimum atomic E-state index is -0.158. The second-order valence-corrected chi connectivity index (χ2v) is 9.28. The maximum atomic E-state index is 13.8. The lowest BCUT2D eigenvalue weighted by atomic mass is 9.80. The van der Waals surface area contributed by atoms with Crippen molar-refractivity contribution in [2.75, 3.05) is 20.3 Å². The highest BCUT2D eigenvalue weighted by Crippen LogP contribution is 2.40. The molecule has 4 nitrogen and oxygen atoms in total. The molecular formula is C27H34ClFN2O2. The molecule has 0 saturated heterocycles. The number of nitrogens with one attached hydrogen (secondary N) is 1. The average molecular weight is 473 g/mol. The Bertz CT molecular complexity index is 1060. The van der Waals surface area contributed by atoms with Crippen molar-refractivity contribution in [2.24, 2.45) is 0 Å². The predicted octanol–water partition coefficient (Wildman–Crippen LogP) is 6.48. The SMILES string of the molecule is CCCN(C1COc2cccc(OC)c2C1)[C@H]1CC[C@H](c2c[nH]c3ccc(F)cc32)CC1.Cl. The molecule has 1 atom stereocenters. The van der Waals surface area contributed by atoms with Gasteiger partial charge in [0, 0.05) is 34.7 Å². The number of ether oxygens (including phenoxy) is 2. The Morgan fingerprint density at radius 2 is 1.94 bits per heavy atom. The van der Waals surface area contributed by atoms with Crippen LogP contribution in [0, 0.1) is 5.82 Å². The third-order valence-electron chi connectivity index (χ3n) is 7.41. The van der Waals surface area contributed by atoms with Gasteiger partial charge in [0.2, 0.25) is 0 Å². The normalized spacial score (nSPS) is 22.5. The van der Waals surface area contributed by atoms with Crippen molar-refractivity contribution in [2.45, 2.75) is 63.5 Å². The van der Waals surface area contributed by atoms with Crippen molar-refractivity contribution in [1.29, 1.82) is 0 Å². The molecule has 2 aromatic carbocycles. The predicted molar refractivity (Wildman–Crippen MR) is 133 cm³/mol. The van der Waals surface area contributed by atoms with Gasteiger partial charge >= 0.3 is 0 Å². The molecule has 0 amide bonds. The first-order valence-electron chi connectivity index (χ1n) is 12.0. The molecule has 0 spiro atoms. The lowest BCUT2D eigenvalue weighted by molar-refractivity contribution is 0.0588. The largest absolute Gasteiger partial charge is 0.496 e. The van der Waals surface area contributed by atoms with Crippen LogP contribution in [0.15, 0.2) is 42.6 Å². The van der Waals surface area contributed by atoms with Gasteiger partial charge in [0.15, 0.2) is 0 Å². The summed E-state index contributed by atoms with van der Waals surface area (Å²) in [6.45, 7) is 4.09. The Labute approximate surface area is 201 Å². The van der Waals surface area contributed by atoms with E-state index < -0.39 is 0 Å². The van der Waals surface area contributed by atoms with Crippen LogP contribution in [0.1, 0.15) is 56.1 Å². The summed E-state index contributed by atoms with van der Waals surface area (Å²) < 4.78 is 25.6. The summed E-state index contributed by atoms with van der Waals surface area (Å²) in [6, 6.07) is 12.1. The zero-order valence-corrected chi connectivity index (χ0v) is 20.3. The lowest BCUT2D eigenvalue weighted by Gasteiger charge is -2.43. The van der Waals surface area contributed by atoms with Crippen LogP contribution >= 0.6 is 12.4 Å². The smallest absolute Gasteiger partial charge is 0.126 e. The topological polar surface area (TPSA) is 37.5 Å². The van der Waals surface area contributed by atoms with Crippen molar-refractivity contribution >= 4 is 23.3 Å². The number of hydrogen-bond donors (Lipinski definition) is 1. The molecular weight excluding hydrogens is 439 g/mol. The monoisotopic (exact) mass is 472 g/mol. The lowest BCUT2D eigenvalue weighted by Crippen LogP contribution is -2.50. The fourth-order valence-electron chi connectivity index (χ4n) is 5.86. The third kappa shape index (κ3) is 4.71. The minimum absolute atomic E-state index is 0. The number of methoxy groups -OCH3 is 1. The van der Waals surface area contributed by atoms with Crippen molar-refractivity contribution in [3.63, 3.8) is 0 Å². The van der Waals surface area contributed by atoms with Gasteiger partial charge in [0.25, 0.3) is 0 Å². The molecule has 3 aromatic rings. The first-order valence-corrected chi connectivity index (χ1v) is 12.0. The van der Waals surface area contributed by atoms with Crippen LogP contribution in [0.4, 0.5) is 4.39 Å². The molecule has 1 fully saturated rings. The van der Waals surface area contributed by atoms with Gasteiger partial charge in [-0.2, -0.15) is 0 Å². The van der Waals surface area contributed by atoms with Crippen molar-refractivity contribution in [1.82, 2.24) is 9.88 Å². The summed E-state index contributed by atoms with van der Waals surface area (Å²) in [4.78, 5) is 6.03. The van der Waals surface area contributed by atoms with Crippen LogP contribution in [-0.4, -0.2) is 42.2 Å². The van der Waals surface area contributed by atoms with Gasteiger partial charge < -0.3 is 14.5 Å². The second-order valence-electron chi connectivity index (χ2n) is 9.28. The number of benzene rings is 2. The maximum Gasteiger partial charge on any atom is 0.126 e. The van der Waals surface area contributed by atoms with E-state index in [-0.39, 0.29) is 18.2 Å². The molecule has 2 aliphatic rings. The second kappa shape index (κ2) is 10.4. The zero-order valence-electron chi connectivity index (χ0n) is 19.5. The highest BCUT2D eigenvalue weighted by molar-refractivity contribution is 5.85. The van der Waals surface area contributed by atoms with E-state index in [1.807, 2.05) is 24.3 Å². The number of nitrogens with zero attached hydrogens (tertiary/aromatic N) is 1. The van der Waals surface area contributed by atoms with Gasteiger partial charge in [-0.15, -0.1) is 12.4 Å². The molecule has 178 valence electrons. The fraction of sp³-hybridized carbons (Fsp3) is 0.481. The molecule has 0 radical (unpaired) electrons. The summed E-state index contributed by atoms with van der Waals surface area (Å²) in [5.74, 6) is 2.23. The fourth-order valence-corrected chi connectivity index (χ4v) is 5.86. The highest BCUT2D eigenvalue weighted by atomic mass is 35.5. The summed E-state index contributed by atoms with van der Waals surface area (Å²) in [6.07, 6.45) is 8.82. The van der Waals surface area contributed by atoms with E-state index >= 15 is 0 Å². The summed E-state index contributed by atoms with van der Waals surface area (Å²) in [5, 5.41) is 1.04. The molecule has 1 aromatic heterocycles. The molecule has 1 aliphatic carbocycles. The number of aromatic nitrogens is 1. The first-order chi connectivity index (χ1) is 15.7.